The molecule has 2 nitrogen and oxygen atoms in total. The summed E-state index contributed by atoms with van der Waals surface area (Å²) in [5.74, 6) is 0. The number of benzene rings is 8. The van der Waals surface area contributed by atoms with E-state index in [9.17, 15) is 0 Å². The van der Waals surface area contributed by atoms with Gasteiger partial charge in [-0.05, 0) is 169 Å². The average molecular weight is 870 g/mol. The Kier molecular flexibility index (Phi) is 10.3. The highest BCUT2D eigenvalue weighted by atomic mass is 15.2. The highest BCUT2D eigenvalue weighted by Crippen LogP contribution is 2.52. The van der Waals surface area contributed by atoms with Crippen molar-refractivity contribution in [3.05, 3.63) is 198 Å². The van der Waals surface area contributed by atoms with Crippen LogP contribution < -0.4 is 21.1 Å². The van der Waals surface area contributed by atoms with Gasteiger partial charge in [-0.1, -0.05) is 182 Å². The monoisotopic (exact) mass is 870 g/mol. The quantitative estimate of drug-likeness (QED) is 0.161. The van der Waals surface area contributed by atoms with Gasteiger partial charge >= 0.3 is 0 Å². The van der Waals surface area contributed by atoms with Gasteiger partial charge in [0.1, 0.15) is 0 Å². The average Bonchev–Trinajstić information content (AvgIpc) is 3.34. The van der Waals surface area contributed by atoms with Gasteiger partial charge in [0.25, 0.3) is 0 Å². The molecular formula is C64H62BN2. The van der Waals surface area contributed by atoms with E-state index in [1.165, 1.54) is 115 Å². The molecule has 0 unspecified atom stereocenters. The molecule has 2 aliphatic carbocycles. The van der Waals surface area contributed by atoms with Gasteiger partial charge in [-0.3, -0.25) is 0 Å². The molecule has 11 rings (SSSR count). The summed E-state index contributed by atoms with van der Waals surface area (Å²) in [4.78, 5) is 2.63. The van der Waals surface area contributed by atoms with Crippen LogP contribution in [0, 0.1) is 0 Å². The summed E-state index contributed by atoms with van der Waals surface area (Å²) in [5, 5.41) is 3.94. The van der Waals surface area contributed by atoms with Gasteiger partial charge in [-0.25, -0.2) is 0 Å². The van der Waals surface area contributed by atoms with Gasteiger partial charge in [-0.2, -0.15) is 0 Å². The van der Waals surface area contributed by atoms with E-state index in [4.69, 9.17) is 0 Å². The summed E-state index contributed by atoms with van der Waals surface area (Å²) < 4.78 is 0. The highest BCUT2D eigenvalue weighted by molar-refractivity contribution is 6.73. The lowest BCUT2D eigenvalue weighted by Crippen LogP contribution is -2.44. The fourth-order valence-corrected chi connectivity index (χ4v) is 11.4. The van der Waals surface area contributed by atoms with Crippen molar-refractivity contribution in [1.29, 1.82) is 0 Å². The molecule has 0 aromatic heterocycles. The molecule has 67 heavy (non-hydrogen) atoms. The summed E-state index contributed by atoms with van der Waals surface area (Å²) in [6.45, 7) is 19.6. The minimum atomic E-state index is 0.0580. The summed E-state index contributed by atoms with van der Waals surface area (Å²) in [7, 11) is 2.52. The van der Waals surface area contributed by atoms with E-state index in [0.717, 1.165) is 16.9 Å². The molecular weight excluding hydrogens is 808 g/mol. The van der Waals surface area contributed by atoms with E-state index in [2.05, 4.69) is 249 Å². The maximum absolute atomic E-state index is 3.94. The zero-order chi connectivity index (χ0) is 46.3. The van der Waals surface area contributed by atoms with Crippen molar-refractivity contribution in [2.75, 3.05) is 10.2 Å². The van der Waals surface area contributed by atoms with E-state index < -0.39 is 0 Å². The van der Waals surface area contributed by atoms with Crippen LogP contribution >= 0.6 is 0 Å². The molecule has 8 aromatic rings. The van der Waals surface area contributed by atoms with Crippen LogP contribution in [0.3, 0.4) is 0 Å². The molecule has 3 heteroatoms. The summed E-state index contributed by atoms with van der Waals surface area (Å²) in [6.07, 6.45) is 4.69. The van der Waals surface area contributed by atoms with E-state index in [-0.39, 0.29) is 21.7 Å². The number of hydrogen-bond acceptors (Lipinski definition) is 2. The van der Waals surface area contributed by atoms with Crippen LogP contribution in [0.5, 0.6) is 0 Å². The maximum atomic E-state index is 3.94. The number of nitrogens with one attached hydrogen (secondary N) is 1. The Morgan fingerprint density at radius 3 is 1.46 bits per heavy atom. The van der Waals surface area contributed by atoms with Gasteiger partial charge in [0.05, 0.1) is 0 Å². The Bertz CT molecular complexity index is 3160. The topological polar surface area (TPSA) is 15.3 Å². The van der Waals surface area contributed by atoms with Gasteiger partial charge < -0.3 is 10.2 Å². The first kappa shape index (κ1) is 43.0. The third kappa shape index (κ3) is 7.71. The molecule has 0 saturated heterocycles. The van der Waals surface area contributed by atoms with Crippen molar-refractivity contribution in [2.24, 2.45) is 0 Å². The van der Waals surface area contributed by atoms with Crippen molar-refractivity contribution in [1.82, 2.24) is 0 Å². The van der Waals surface area contributed by atoms with Crippen LogP contribution in [0.2, 0.25) is 0 Å². The van der Waals surface area contributed by atoms with Crippen molar-refractivity contribution in [3.8, 4) is 44.5 Å². The normalized spacial score (nSPS) is 17.0. The maximum Gasteiger partial charge on any atom is 0.197 e. The van der Waals surface area contributed by atoms with Crippen molar-refractivity contribution < 1.29 is 0 Å². The summed E-state index contributed by atoms with van der Waals surface area (Å²) >= 11 is 0. The molecule has 1 N–H and O–H groups in total. The zero-order valence-electron chi connectivity index (χ0n) is 40.6. The number of hydrogen-bond donors (Lipinski definition) is 1. The first-order valence-electron chi connectivity index (χ1n) is 24.5. The highest BCUT2D eigenvalue weighted by Gasteiger charge is 2.41. The molecule has 0 spiro atoms. The fraction of sp³-hybridized carbons (Fsp3) is 0.250. The SMILES string of the molecule is CC1(C)CCC(C)(C)c2cc(N3c4cc5c(cc4[B]c4c(-c6cc(-c7ccccc7)ccc6Nc6ccc(-c7ccccc7)cc6)cc(-c6ccccc6)cc43)C(C)(C)CCC5(C)C)ccc21. The molecule has 0 amide bonds. The van der Waals surface area contributed by atoms with Crippen molar-refractivity contribution >= 4 is 46.6 Å². The van der Waals surface area contributed by atoms with Gasteiger partial charge in [0.2, 0.25) is 0 Å². The standard InChI is InChI=1S/C64H62BN2/c1-61(2)32-33-62(3,4)53-39-49(29-30-52(53)61)67-58-41-55-54(63(5,6)34-35-64(55,7)8)40-56(58)65-60-51(37-47(38-59(60)67)44-22-16-11-17-23-44)50-36-46(43-20-14-10-15-21-43)26-31-57(50)66-48-27-24-45(25-28-48)42-18-12-9-13-19-42/h9-31,36-41,66H,32-35H2,1-8H3. The van der Waals surface area contributed by atoms with Crippen LogP contribution in [0.15, 0.2) is 176 Å². The molecule has 1 heterocycles. The van der Waals surface area contributed by atoms with Crippen LogP contribution in [-0.2, 0) is 21.7 Å². The lowest BCUT2D eigenvalue weighted by molar-refractivity contribution is 0.332. The van der Waals surface area contributed by atoms with Crippen LogP contribution in [0.1, 0.15) is 103 Å². The molecule has 0 bridgehead atoms. The smallest absolute Gasteiger partial charge is 0.197 e. The molecule has 1 aliphatic heterocycles. The predicted octanol–water partition coefficient (Wildman–Crippen LogP) is 16.2. The molecule has 1 radical (unpaired) electrons. The largest absolute Gasteiger partial charge is 0.355 e. The molecule has 0 saturated carbocycles. The Morgan fingerprint density at radius 2 is 0.866 bits per heavy atom. The Labute approximate surface area is 400 Å². The zero-order valence-corrected chi connectivity index (χ0v) is 40.6. The number of rotatable bonds is 7. The minimum Gasteiger partial charge on any atom is -0.355 e. The molecule has 3 aliphatic rings. The molecule has 331 valence electrons. The lowest BCUT2D eigenvalue weighted by atomic mass is 9.55. The second kappa shape index (κ2) is 16.0. The Morgan fingerprint density at radius 1 is 0.388 bits per heavy atom. The summed E-state index contributed by atoms with van der Waals surface area (Å²) in [5.41, 5.74) is 24.1. The number of nitrogens with zero attached hydrogens (tertiary/aromatic N) is 1. The predicted molar refractivity (Wildman–Crippen MR) is 288 cm³/mol. The van der Waals surface area contributed by atoms with Crippen LogP contribution in [-0.4, -0.2) is 7.28 Å². The third-order valence-electron chi connectivity index (χ3n) is 15.8. The lowest BCUT2D eigenvalue weighted by Gasteiger charge is -2.45. The van der Waals surface area contributed by atoms with E-state index in [1.807, 2.05) is 0 Å². The molecule has 0 atom stereocenters. The molecule has 0 fully saturated rings. The number of fused-ring (bicyclic) bond motifs is 4. The second-order valence-electron chi connectivity index (χ2n) is 22.2. The summed E-state index contributed by atoms with van der Waals surface area (Å²) in [6, 6.07) is 65.8. The van der Waals surface area contributed by atoms with E-state index >= 15 is 0 Å². The first-order valence-corrected chi connectivity index (χ1v) is 24.5. The van der Waals surface area contributed by atoms with Gasteiger partial charge in [0.15, 0.2) is 7.28 Å². The van der Waals surface area contributed by atoms with Crippen LogP contribution in [0.4, 0.5) is 28.4 Å². The van der Waals surface area contributed by atoms with E-state index in [1.54, 1.807) is 0 Å². The fourth-order valence-electron chi connectivity index (χ4n) is 11.4. The van der Waals surface area contributed by atoms with Crippen molar-refractivity contribution in [2.45, 2.75) is 103 Å². The Hall–Kier alpha value is -6.58. The van der Waals surface area contributed by atoms with Crippen LogP contribution in [0.25, 0.3) is 44.5 Å². The number of anilines is 5. The Balaban J connectivity index is 1.18. The minimum absolute atomic E-state index is 0.0580. The van der Waals surface area contributed by atoms with Gasteiger partial charge in [-0.15, -0.1) is 0 Å². The van der Waals surface area contributed by atoms with Crippen molar-refractivity contribution in [3.63, 3.8) is 0 Å². The van der Waals surface area contributed by atoms with Gasteiger partial charge in [0, 0.05) is 34.0 Å². The van der Waals surface area contributed by atoms with E-state index in [0.29, 0.717) is 0 Å². The first-order chi connectivity index (χ1) is 32.1. The second-order valence-corrected chi connectivity index (χ2v) is 22.2. The molecule has 8 aromatic carbocycles. The third-order valence-corrected chi connectivity index (χ3v) is 15.8.